The zero-order chi connectivity index (χ0) is 23.0. The molecule has 3 rings (SSSR count). The van der Waals surface area contributed by atoms with Crippen LogP contribution in [-0.2, 0) is 10.2 Å². The Hall–Kier alpha value is -1.84. The van der Waals surface area contributed by atoms with Gasteiger partial charge >= 0.3 is 6.18 Å². The number of carbonyl (C=O) groups excluding carboxylic acids is 1. The number of rotatable bonds is 5. The van der Waals surface area contributed by atoms with Crippen molar-refractivity contribution < 1.29 is 27.8 Å². The molecule has 0 spiro atoms. The van der Waals surface area contributed by atoms with Crippen LogP contribution in [0.25, 0.3) is 0 Å². The van der Waals surface area contributed by atoms with Gasteiger partial charge in [-0.3, -0.25) is 9.69 Å². The lowest BCUT2D eigenvalue weighted by Crippen LogP contribution is -2.70. The van der Waals surface area contributed by atoms with Crippen molar-refractivity contribution in [3.05, 3.63) is 29.3 Å². The average molecular weight is 444 g/mol. The third-order valence-electron chi connectivity index (χ3n) is 7.35. The molecular formula is C22H32F3N3O3. The molecule has 1 aliphatic heterocycles. The number of aryl methyl sites for hydroxylation is 1. The van der Waals surface area contributed by atoms with Gasteiger partial charge in [0.15, 0.2) is 0 Å². The number of carbonyl (C=O) groups is 1. The van der Waals surface area contributed by atoms with Gasteiger partial charge in [-0.25, -0.2) is 0 Å². The van der Waals surface area contributed by atoms with E-state index in [1.165, 1.54) is 4.90 Å². The van der Waals surface area contributed by atoms with Crippen LogP contribution in [-0.4, -0.2) is 60.6 Å². The highest BCUT2D eigenvalue weighted by atomic mass is 19.4. The predicted octanol–water partition coefficient (Wildman–Crippen LogP) is 2.46. The van der Waals surface area contributed by atoms with E-state index in [1.807, 2.05) is 25.1 Å². The van der Waals surface area contributed by atoms with Crippen molar-refractivity contribution in [2.45, 2.75) is 62.8 Å². The molecule has 1 aromatic rings. The smallest absolute Gasteiger partial charge is 0.401 e. The number of halogens is 3. The number of fused-ring (bicyclic) bond motifs is 1. The minimum Gasteiger partial charge on any atom is -0.497 e. The summed E-state index contributed by atoms with van der Waals surface area (Å²) in [4.78, 5) is 13.9. The van der Waals surface area contributed by atoms with Crippen LogP contribution in [0.5, 0.6) is 5.75 Å². The predicted molar refractivity (Wildman–Crippen MR) is 111 cm³/mol. The third kappa shape index (κ3) is 4.27. The molecule has 6 nitrogen and oxygen atoms in total. The minimum atomic E-state index is -4.35. The molecule has 1 heterocycles. The Morgan fingerprint density at radius 2 is 2.10 bits per heavy atom. The van der Waals surface area contributed by atoms with E-state index in [-0.39, 0.29) is 31.5 Å². The summed E-state index contributed by atoms with van der Waals surface area (Å²) in [5, 5.41) is 14.7. The maximum absolute atomic E-state index is 13.2. The molecule has 1 aromatic carbocycles. The van der Waals surface area contributed by atoms with Crippen LogP contribution in [0, 0.1) is 12.8 Å². The second-order valence-electron chi connectivity index (χ2n) is 8.88. The molecule has 2 aliphatic rings. The van der Waals surface area contributed by atoms with Gasteiger partial charge in [0, 0.05) is 17.4 Å². The number of nitrogens with two attached hydrogens (primary N) is 1. The topological polar surface area (TPSA) is 87.8 Å². The molecule has 1 saturated carbocycles. The highest BCUT2D eigenvalue weighted by molar-refractivity contribution is 5.79. The Morgan fingerprint density at radius 3 is 2.71 bits per heavy atom. The zero-order valence-electron chi connectivity index (χ0n) is 18.3. The monoisotopic (exact) mass is 443 g/mol. The van der Waals surface area contributed by atoms with E-state index < -0.39 is 29.8 Å². The first-order valence-corrected chi connectivity index (χ1v) is 10.6. The Bertz CT molecular complexity index is 819. The van der Waals surface area contributed by atoms with Gasteiger partial charge in [0.2, 0.25) is 5.91 Å². The van der Waals surface area contributed by atoms with Gasteiger partial charge in [0.1, 0.15) is 5.75 Å². The van der Waals surface area contributed by atoms with Crippen LogP contribution in [0.15, 0.2) is 18.2 Å². The van der Waals surface area contributed by atoms with Gasteiger partial charge in [-0.2, -0.15) is 13.2 Å². The van der Waals surface area contributed by atoms with Crippen molar-refractivity contribution in [1.29, 1.82) is 0 Å². The average Bonchev–Trinajstić information content (AvgIpc) is 2.70. The first-order chi connectivity index (χ1) is 14.5. The standard InChI is InChI=1S/C22H32F3N3O3/c1-14-4-5-17(31-3)10-18(14)20-8-9-28(12-22(23,24)25)15(2)21(20,30)7-6-16(11-20)19(29)27-13-26/h4-5,10,15-16,30H,6-9,11-13,26H2,1-3H3,(H,27,29). The molecule has 4 N–H and O–H groups in total. The van der Waals surface area contributed by atoms with Crippen molar-refractivity contribution in [2.24, 2.45) is 11.7 Å². The molecule has 31 heavy (non-hydrogen) atoms. The van der Waals surface area contributed by atoms with Crippen molar-refractivity contribution >= 4 is 5.91 Å². The van der Waals surface area contributed by atoms with Gasteiger partial charge in [-0.15, -0.1) is 0 Å². The van der Waals surface area contributed by atoms with Crippen LogP contribution in [0.2, 0.25) is 0 Å². The maximum atomic E-state index is 13.2. The fourth-order valence-corrected chi connectivity index (χ4v) is 5.73. The molecule has 0 bridgehead atoms. The maximum Gasteiger partial charge on any atom is 0.401 e. The number of piperidine rings is 1. The van der Waals surface area contributed by atoms with E-state index in [1.54, 1.807) is 14.0 Å². The molecule has 0 radical (unpaired) electrons. The van der Waals surface area contributed by atoms with E-state index in [0.29, 0.717) is 25.0 Å². The van der Waals surface area contributed by atoms with Crippen LogP contribution in [0.1, 0.15) is 43.7 Å². The lowest BCUT2D eigenvalue weighted by atomic mass is 9.51. The Kier molecular flexibility index (Phi) is 6.60. The molecule has 2 fully saturated rings. The quantitative estimate of drug-likeness (QED) is 0.609. The first-order valence-electron chi connectivity index (χ1n) is 10.6. The number of alkyl halides is 3. The normalized spacial score (nSPS) is 31.7. The minimum absolute atomic E-state index is 0.0144. The van der Waals surface area contributed by atoms with Crippen LogP contribution < -0.4 is 15.8 Å². The molecule has 9 heteroatoms. The number of methoxy groups -OCH3 is 1. The largest absolute Gasteiger partial charge is 0.497 e. The number of likely N-dealkylation sites (tertiary alicyclic amines) is 1. The second-order valence-corrected chi connectivity index (χ2v) is 8.88. The summed E-state index contributed by atoms with van der Waals surface area (Å²) >= 11 is 0. The number of hydrogen-bond acceptors (Lipinski definition) is 5. The van der Waals surface area contributed by atoms with Crippen molar-refractivity contribution in [1.82, 2.24) is 10.2 Å². The van der Waals surface area contributed by atoms with Crippen LogP contribution in [0.4, 0.5) is 13.2 Å². The lowest BCUT2D eigenvalue weighted by molar-refractivity contribution is -0.200. The number of nitrogens with zero attached hydrogens (tertiary/aromatic N) is 1. The number of amides is 1. The van der Waals surface area contributed by atoms with Gasteiger partial charge in [-0.05, 0) is 69.3 Å². The summed E-state index contributed by atoms with van der Waals surface area (Å²) in [6.07, 6.45) is -3.09. The number of hydrogen-bond donors (Lipinski definition) is 3. The van der Waals surface area contributed by atoms with Gasteiger partial charge < -0.3 is 20.9 Å². The molecule has 0 aromatic heterocycles. The fourth-order valence-electron chi connectivity index (χ4n) is 5.73. The van der Waals surface area contributed by atoms with Crippen molar-refractivity contribution in [2.75, 3.05) is 26.9 Å². The number of aliphatic hydroxyl groups is 1. The van der Waals surface area contributed by atoms with Crippen LogP contribution in [0.3, 0.4) is 0 Å². The fraction of sp³-hybridized carbons (Fsp3) is 0.682. The molecule has 4 atom stereocenters. The molecule has 1 aliphatic carbocycles. The first kappa shape index (κ1) is 23.8. The number of ether oxygens (including phenoxy) is 1. The summed E-state index contributed by atoms with van der Waals surface area (Å²) in [6.45, 7) is 2.70. The molecule has 1 amide bonds. The third-order valence-corrected chi connectivity index (χ3v) is 7.35. The molecule has 174 valence electrons. The van der Waals surface area contributed by atoms with Crippen LogP contribution >= 0.6 is 0 Å². The Morgan fingerprint density at radius 1 is 1.39 bits per heavy atom. The molecule has 1 saturated heterocycles. The van der Waals surface area contributed by atoms with Crippen molar-refractivity contribution in [3.8, 4) is 5.75 Å². The van der Waals surface area contributed by atoms with Gasteiger partial charge in [-0.1, -0.05) is 6.07 Å². The Balaban J connectivity index is 2.09. The van der Waals surface area contributed by atoms with E-state index in [2.05, 4.69) is 5.32 Å². The highest BCUT2D eigenvalue weighted by Crippen LogP contribution is 2.56. The summed E-state index contributed by atoms with van der Waals surface area (Å²) in [7, 11) is 1.55. The van der Waals surface area contributed by atoms with E-state index in [0.717, 1.165) is 11.1 Å². The van der Waals surface area contributed by atoms with E-state index in [4.69, 9.17) is 10.5 Å². The molecule has 4 unspecified atom stereocenters. The summed E-state index contributed by atoms with van der Waals surface area (Å²) in [5.74, 6) is 0.0434. The van der Waals surface area contributed by atoms with Crippen molar-refractivity contribution in [3.63, 3.8) is 0 Å². The zero-order valence-corrected chi connectivity index (χ0v) is 18.3. The lowest BCUT2D eigenvalue weighted by Gasteiger charge is -2.61. The van der Waals surface area contributed by atoms with E-state index in [9.17, 15) is 23.1 Å². The number of benzene rings is 1. The SMILES string of the molecule is COc1ccc(C)c(C23CCN(CC(F)(F)F)C(C)C2(O)CCC(C(=O)NCN)C3)c1. The van der Waals surface area contributed by atoms with Gasteiger partial charge in [0.05, 0.1) is 25.9 Å². The molecular weight excluding hydrogens is 411 g/mol. The summed E-state index contributed by atoms with van der Waals surface area (Å²) in [5.41, 5.74) is 4.94. The summed E-state index contributed by atoms with van der Waals surface area (Å²) in [6, 6.07) is 4.83. The number of nitrogens with one attached hydrogen (secondary N) is 1. The van der Waals surface area contributed by atoms with Gasteiger partial charge in [0.25, 0.3) is 0 Å². The summed E-state index contributed by atoms with van der Waals surface area (Å²) < 4.78 is 45.0. The highest BCUT2D eigenvalue weighted by Gasteiger charge is 2.62. The second kappa shape index (κ2) is 8.60. The Labute approximate surface area is 180 Å². The van der Waals surface area contributed by atoms with E-state index >= 15 is 0 Å².